The first-order chi connectivity index (χ1) is 6.48. The Labute approximate surface area is 89.1 Å². The normalized spacial score (nSPS) is 17.1. The largest absolute Gasteiger partial charge is 0.293 e. The van der Waals surface area contributed by atoms with E-state index in [1.165, 1.54) is 4.88 Å². The summed E-state index contributed by atoms with van der Waals surface area (Å²) in [6, 6.07) is 4.09. The van der Waals surface area contributed by atoms with E-state index in [9.17, 15) is 4.79 Å². The Balaban J connectivity index is 2.21. The number of carbonyl (C=O) groups is 1. The van der Waals surface area contributed by atoms with Crippen LogP contribution in [-0.2, 0) is 5.41 Å². The fraction of sp³-hybridized carbons (Fsp3) is 0.583. The lowest BCUT2D eigenvalue weighted by atomic mass is 9.95. The second-order valence-corrected chi connectivity index (χ2v) is 6.14. The van der Waals surface area contributed by atoms with Crippen LogP contribution in [0.1, 0.15) is 48.2 Å². The van der Waals surface area contributed by atoms with Gasteiger partial charge in [0.25, 0.3) is 0 Å². The maximum absolute atomic E-state index is 11.8. The van der Waals surface area contributed by atoms with E-state index in [1.54, 1.807) is 11.3 Å². The molecule has 1 aliphatic rings. The highest BCUT2D eigenvalue weighted by molar-refractivity contribution is 7.14. The first-order valence-corrected chi connectivity index (χ1v) is 5.94. The number of rotatable bonds is 2. The van der Waals surface area contributed by atoms with Crippen LogP contribution >= 0.6 is 11.3 Å². The van der Waals surface area contributed by atoms with E-state index >= 15 is 0 Å². The quantitative estimate of drug-likeness (QED) is 0.678. The summed E-state index contributed by atoms with van der Waals surface area (Å²) in [7, 11) is 0. The molecule has 14 heavy (non-hydrogen) atoms. The van der Waals surface area contributed by atoms with Crippen molar-refractivity contribution in [3.05, 3.63) is 21.9 Å². The standard InChI is InChI=1S/C12H16OS/c1-12(2,3)10-7-6-9(14-10)11(13)8-4-5-8/h6-8H,4-5H2,1-3H3. The molecule has 0 amide bonds. The lowest BCUT2D eigenvalue weighted by molar-refractivity contribution is 0.0971. The summed E-state index contributed by atoms with van der Waals surface area (Å²) in [5.41, 5.74) is 0.173. The van der Waals surface area contributed by atoms with Gasteiger partial charge in [0.2, 0.25) is 0 Å². The van der Waals surface area contributed by atoms with Crippen LogP contribution in [0.4, 0.5) is 0 Å². The van der Waals surface area contributed by atoms with Gasteiger partial charge in [-0.25, -0.2) is 0 Å². The second kappa shape index (κ2) is 3.20. The smallest absolute Gasteiger partial charge is 0.175 e. The Kier molecular flexibility index (Phi) is 2.26. The van der Waals surface area contributed by atoms with Crippen LogP contribution in [0.25, 0.3) is 0 Å². The fourth-order valence-corrected chi connectivity index (χ4v) is 2.50. The molecular formula is C12H16OS. The second-order valence-electron chi connectivity index (χ2n) is 5.05. The number of hydrogen-bond donors (Lipinski definition) is 0. The minimum absolute atomic E-state index is 0.173. The zero-order chi connectivity index (χ0) is 10.3. The van der Waals surface area contributed by atoms with Crippen LogP contribution < -0.4 is 0 Å². The lowest BCUT2D eigenvalue weighted by Crippen LogP contribution is -2.07. The van der Waals surface area contributed by atoms with Gasteiger partial charge < -0.3 is 0 Å². The molecule has 2 heteroatoms. The molecule has 76 valence electrons. The summed E-state index contributed by atoms with van der Waals surface area (Å²) in [6.07, 6.45) is 2.20. The van der Waals surface area contributed by atoms with Crippen molar-refractivity contribution in [3.63, 3.8) is 0 Å². The third-order valence-corrected chi connectivity index (χ3v) is 4.06. The molecule has 0 aromatic carbocycles. The Bertz CT molecular complexity index is 353. The molecule has 1 aliphatic carbocycles. The van der Waals surface area contributed by atoms with Crippen LogP contribution in [0.15, 0.2) is 12.1 Å². The number of ketones is 1. The van der Waals surface area contributed by atoms with Gasteiger partial charge in [-0.3, -0.25) is 4.79 Å². The summed E-state index contributed by atoms with van der Waals surface area (Å²) in [6.45, 7) is 6.55. The third kappa shape index (κ3) is 1.90. The number of carbonyl (C=O) groups excluding carboxylic acids is 1. The highest BCUT2D eigenvalue weighted by atomic mass is 32.1. The van der Waals surface area contributed by atoms with Crippen molar-refractivity contribution in [1.82, 2.24) is 0 Å². The zero-order valence-electron chi connectivity index (χ0n) is 8.96. The van der Waals surface area contributed by atoms with E-state index in [0.717, 1.165) is 17.7 Å². The van der Waals surface area contributed by atoms with E-state index in [1.807, 2.05) is 6.07 Å². The number of Topliss-reactive ketones (excluding diaryl/α,β-unsaturated/α-hetero) is 1. The lowest BCUT2D eigenvalue weighted by Gasteiger charge is -2.15. The minimum atomic E-state index is 0.173. The first-order valence-electron chi connectivity index (χ1n) is 5.13. The van der Waals surface area contributed by atoms with Crippen molar-refractivity contribution in [3.8, 4) is 0 Å². The number of thiophene rings is 1. The van der Waals surface area contributed by atoms with Crippen LogP contribution in [0.3, 0.4) is 0 Å². The molecule has 1 fully saturated rings. The van der Waals surface area contributed by atoms with E-state index in [2.05, 4.69) is 26.8 Å². The van der Waals surface area contributed by atoms with Gasteiger partial charge in [-0.2, -0.15) is 0 Å². The average molecular weight is 208 g/mol. The van der Waals surface area contributed by atoms with Crippen molar-refractivity contribution in [2.24, 2.45) is 5.92 Å². The zero-order valence-corrected chi connectivity index (χ0v) is 9.78. The molecule has 0 saturated heterocycles. The van der Waals surface area contributed by atoms with Crippen molar-refractivity contribution < 1.29 is 4.79 Å². The summed E-state index contributed by atoms with van der Waals surface area (Å²) in [5, 5.41) is 0. The van der Waals surface area contributed by atoms with Gasteiger partial charge in [-0.15, -0.1) is 11.3 Å². The van der Waals surface area contributed by atoms with Gasteiger partial charge in [-0.05, 0) is 30.4 Å². The molecule has 0 unspecified atom stereocenters. The molecule has 0 N–H and O–H groups in total. The van der Waals surface area contributed by atoms with Gasteiger partial charge in [0, 0.05) is 10.8 Å². The Morgan fingerprint density at radius 2 is 2.00 bits per heavy atom. The monoisotopic (exact) mass is 208 g/mol. The highest BCUT2D eigenvalue weighted by Crippen LogP contribution is 2.36. The maximum Gasteiger partial charge on any atom is 0.175 e. The summed E-state index contributed by atoms with van der Waals surface area (Å²) in [4.78, 5) is 14.0. The van der Waals surface area contributed by atoms with Crippen molar-refractivity contribution in [1.29, 1.82) is 0 Å². The average Bonchev–Trinajstić information content (AvgIpc) is 2.79. The van der Waals surface area contributed by atoms with Crippen molar-refractivity contribution in [2.75, 3.05) is 0 Å². The maximum atomic E-state index is 11.8. The minimum Gasteiger partial charge on any atom is -0.293 e. The van der Waals surface area contributed by atoms with Gasteiger partial charge in [0.05, 0.1) is 4.88 Å². The van der Waals surface area contributed by atoms with Crippen molar-refractivity contribution >= 4 is 17.1 Å². The molecule has 1 nitrogen and oxygen atoms in total. The van der Waals surface area contributed by atoms with E-state index < -0.39 is 0 Å². The Morgan fingerprint density at radius 3 is 2.43 bits per heavy atom. The van der Waals surface area contributed by atoms with Crippen LogP contribution in [0.2, 0.25) is 0 Å². The molecule has 1 aromatic rings. The molecule has 0 spiro atoms. The van der Waals surface area contributed by atoms with E-state index in [0.29, 0.717) is 11.7 Å². The third-order valence-electron chi connectivity index (χ3n) is 2.54. The topological polar surface area (TPSA) is 17.1 Å². The predicted octanol–water partition coefficient (Wildman–Crippen LogP) is 3.64. The van der Waals surface area contributed by atoms with Crippen LogP contribution in [0.5, 0.6) is 0 Å². The van der Waals surface area contributed by atoms with Gasteiger partial charge in [0.15, 0.2) is 5.78 Å². The summed E-state index contributed by atoms with van der Waals surface area (Å²) >= 11 is 1.67. The van der Waals surface area contributed by atoms with Gasteiger partial charge in [-0.1, -0.05) is 20.8 Å². The van der Waals surface area contributed by atoms with Gasteiger partial charge >= 0.3 is 0 Å². The molecule has 1 saturated carbocycles. The molecule has 0 bridgehead atoms. The molecule has 0 aliphatic heterocycles. The molecule has 0 radical (unpaired) electrons. The highest BCUT2D eigenvalue weighted by Gasteiger charge is 2.31. The fourth-order valence-electron chi connectivity index (χ4n) is 1.42. The van der Waals surface area contributed by atoms with Crippen LogP contribution in [0, 0.1) is 5.92 Å². The van der Waals surface area contributed by atoms with Crippen molar-refractivity contribution in [2.45, 2.75) is 39.0 Å². The Morgan fingerprint density at radius 1 is 1.36 bits per heavy atom. The molecule has 1 heterocycles. The van der Waals surface area contributed by atoms with Gasteiger partial charge in [0.1, 0.15) is 0 Å². The molecule has 0 atom stereocenters. The van der Waals surface area contributed by atoms with E-state index in [-0.39, 0.29) is 5.41 Å². The first kappa shape index (κ1) is 9.91. The summed E-state index contributed by atoms with van der Waals surface area (Å²) in [5.74, 6) is 0.715. The van der Waals surface area contributed by atoms with Crippen LogP contribution in [-0.4, -0.2) is 5.78 Å². The SMILES string of the molecule is CC(C)(C)c1ccc(C(=O)C2CC2)s1. The Hall–Kier alpha value is -0.630. The molecule has 1 aromatic heterocycles. The number of hydrogen-bond acceptors (Lipinski definition) is 2. The summed E-state index contributed by atoms with van der Waals surface area (Å²) < 4.78 is 0. The van der Waals surface area contributed by atoms with E-state index in [4.69, 9.17) is 0 Å². The molecular weight excluding hydrogens is 192 g/mol. The predicted molar refractivity (Wildman–Crippen MR) is 60.1 cm³/mol. The molecule has 2 rings (SSSR count).